The molecule has 0 bridgehead atoms. The number of nitrogens with one attached hydrogen (secondary N) is 1. The summed E-state index contributed by atoms with van der Waals surface area (Å²) in [4.78, 5) is 11.8. The lowest BCUT2D eigenvalue weighted by Crippen LogP contribution is -2.31. The number of rotatable bonds is 5. The third-order valence-electron chi connectivity index (χ3n) is 5.90. The fraction of sp³-hybridized carbons (Fsp3) is 0.500. The quantitative estimate of drug-likeness (QED) is 0.730. The molecule has 0 amide bonds. The molecule has 0 radical (unpaired) electrons. The van der Waals surface area contributed by atoms with Crippen molar-refractivity contribution < 1.29 is 4.74 Å². The Morgan fingerprint density at radius 1 is 1.11 bits per heavy atom. The normalized spacial score (nSPS) is 22.8. The molecule has 5 rings (SSSR count). The summed E-state index contributed by atoms with van der Waals surface area (Å²) in [6, 6.07) is 8.82. The van der Waals surface area contributed by atoms with Gasteiger partial charge in [-0.2, -0.15) is 9.67 Å². The van der Waals surface area contributed by atoms with Crippen molar-refractivity contribution in [2.75, 3.05) is 25.5 Å². The Hall–Kier alpha value is -2.74. The van der Waals surface area contributed by atoms with Gasteiger partial charge < -0.3 is 15.0 Å². The van der Waals surface area contributed by atoms with E-state index >= 15 is 0 Å². The first-order valence-corrected chi connectivity index (χ1v) is 10.0. The van der Waals surface area contributed by atoms with Gasteiger partial charge in [-0.05, 0) is 69.5 Å². The monoisotopic (exact) mass is 379 g/mol. The number of hydrogen-bond donors (Lipinski definition) is 1. The molecule has 1 aliphatic heterocycles. The molecule has 28 heavy (non-hydrogen) atoms. The smallest absolute Gasteiger partial charge is 0.225 e. The summed E-state index contributed by atoms with van der Waals surface area (Å²) < 4.78 is 6.97. The Morgan fingerprint density at radius 2 is 1.93 bits per heavy atom. The van der Waals surface area contributed by atoms with Gasteiger partial charge in [0.15, 0.2) is 11.2 Å². The molecule has 8 nitrogen and oxygen atoms in total. The van der Waals surface area contributed by atoms with Crippen LogP contribution in [0, 0.1) is 0 Å². The predicted octanol–water partition coefficient (Wildman–Crippen LogP) is 2.65. The number of likely N-dealkylation sites (tertiary alicyclic amines) is 1. The van der Waals surface area contributed by atoms with E-state index in [2.05, 4.69) is 25.5 Å². The Kier molecular flexibility index (Phi) is 4.56. The standard InChI is InChI=1S/C20H25N7O/c1-28-17-8-6-15(7-9-17)27-19-18(24-25-27)13-21-20(23-19)22-14-4-5-16(12-14)26-10-2-3-11-26/h6-9,13-14,16H,2-5,10-12H2,1H3,(H,21,22,23)/t14-,16-/m1/s1. The van der Waals surface area contributed by atoms with Crippen molar-refractivity contribution in [3.05, 3.63) is 30.5 Å². The number of nitrogens with zero attached hydrogens (tertiary/aromatic N) is 6. The van der Waals surface area contributed by atoms with Crippen LogP contribution in [0.4, 0.5) is 5.95 Å². The highest BCUT2D eigenvalue weighted by Gasteiger charge is 2.30. The lowest BCUT2D eigenvalue weighted by atomic mass is 10.2. The van der Waals surface area contributed by atoms with E-state index in [9.17, 15) is 0 Å². The van der Waals surface area contributed by atoms with Gasteiger partial charge in [0.25, 0.3) is 0 Å². The highest BCUT2D eigenvalue weighted by molar-refractivity contribution is 5.72. The van der Waals surface area contributed by atoms with Crippen molar-refractivity contribution in [3.8, 4) is 11.4 Å². The molecule has 0 spiro atoms. The number of aromatic nitrogens is 5. The van der Waals surface area contributed by atoms with E-state index in [1.165, 1.54) is 38.8 Å². The minimum Gasteiger partial charge on any atom is -0.497 e. The second-order valence-corrected chi connectivity index (χ2v) is 7.65. The topological polar surface area (TPSA) is 81.0 Å². The van der Waals surface area contributed by atoms with E-state index in [4.69, 9.17) is 9.72 Å². The highest BCUT2D eigenvalue weighted by Crippen LogP contribution is 2.28. The van der Waals surface area contributed by atoms with Gasteiger partial charge in [0.1, 0.15) is 5.75 Å². The zero-order valence-electron chi connectivity index (χ0n) is 16.1. The Balaban J connectivity index is 1.34. The fourth-order valence-corrected chi connectivity index (χ4v) is 4.40. The molecule has 1 aromatic carbocycles. The molecule has 2 fully saturated rings. The fourth-order valence-electron chi connectivity index (χ4n) is 4.40. The van der Waals surface area contributed by atoms with Crippen LogP contribution in [-0.4, -0.2) is 62.1 Å². The number of fused-ring (bicyclic) bond motifs is 1. The molecule has 146 valence electrons. The summed E-state index contributed by atoms with van der Waals surface area (Å²) in [7, 11) is 1.66. The van der Waals surface area contributed by atoms with E-state index in [1.807, 2.05) is 24.3 Å². The van der Waals surface area contributed by atoms with E-state index in [-0.39, 0.29) is 0 Å². The van der Waals surface area contributed by atoms with E-state index in [1.54, 1.807) is 18.0 Å². The maximum atomic E-state index is 5.23. The first-order chi connectivity index (χ1) is 13.8. The molecule has 1 saturated carbocycles. The average molecular weight is 379 g/mol. The van der Waals surface area contributed by atoms with Gasteiger partial charge in [0.05, 0.1) is 19.0 Å². The second-order valence-electron chi connectivity index (χ2n) is 7.65. The van der Waals surface area contributed by atoms with Crippen LogP contribution in [-0.2, 0) is 0 Å². The van der Waals surface area contributed by atoms with Crippen LogP contribution >= 0.6 is 0 Å². The zero-order chi connectivity index (χ0) is 18.9. The molecule has 3 aromatic rings. The molecule has 1 N–H and O–H groups in total. The highest BCUT2D eigenvalue weighted by atomic mass is 16.5. The van der Waals surface area contributed by atoms with Crippen molar-refractivity contribution in [1.82, 2.24) is 29.9 Å². The Labute approximate surface area is 163 Å². The Bertz CT molecular complexity index is 949. The average Bonchev–Trinajstić information content (AvgIpc) is 3.48. The number of methoxy groups -OCH3 is 1. The van der Waals surface area contributed by atoms with Gasteiger partial charge in [-0.3, -0.25) is 0 Å². The molecule has 0 unspecified atom stereocenters. The van der Waals surface area contributed by atoms with Crippen LogP contribution < -0.4 is 10.1 Å². The van der Waals surface area contributed by atoms with E-state index in [0.717, 1.165) is 17.9 Å². The van der Waals surface area contributed by atoms with Crippen LogP contribution in [0.2, 0.25) is 0 Å². The maximum absolute atomic E-state index is 5.23. The second kappa shape index (κ2) is 7.35. The van der Waals surface area contributed by atoms with Crippen LogP contribution in [0.5, 0.6) is 5.75 Å². The maximum Gasteiger partial charge on any atom is 0.225 e. The minimum absolute atomic E-state index is 0.424. The number of ether oxygens (including phenoxy) is 1. The lowest BCUT2D eigenvalue weighted by Gasteiger charge is -2.23. The summed E-state index contributed by atoms with van der Waals surface area (Å²) in [6.07, 6.45) is 8.01. The minimum atomic E-state index is 0.424. The molecule has 2 aromatic heterocycles. The molecular formula is C20H25N7O. The molecule has 2 aliphatic rings. The molecule has 3 heterocycles. The van der Waals surface area contributed by atoms with Crippen LogP contribution in [0.25, 0.3) is 16.9 Å². The molecule has 1 saturated heterocycles. The predicted molar refractivity (Wildman–Crippen MR) is 107 cm³/mol. The van der Waals surface area contributed by atoms with Crippen molar-refractivity contribution in [2.45, 2.75) is 44.2 Å². The number of anilines is 1. The SMILES string of the molecule is COc1ccc(-n2nnc3cnc(N[C@@H]4CC[C@@H](N5CCCC5)C4)nc32)cc1. The lowest BCUT2D eigenvalue weighted by molar-refractivity contribution is 0.245. The van der Waals surface area contributed by atoms with Crippen molar-refractivity contribution >= 4 is 17.1 Å². The summed E-state index contributed by atoms with van der Waals surface area (Å²) >= 11 is 0. The van der Waals surface area contributed by atoms with Gasteiger partial charge in [-0.1, -0.05) is 5.21 Å². The largest absolute Gasteiger partial charge is 0.497 e. The van der Waals surface area contributed by atoms with E-state index < -0.39 is 0 Å². The summed E-state index contributed by atoms with van der Waals surface area (Å²) in [5, 5.41) is 12.0. The third-order valence-corrected chi connectivity index (χ3v) is 5.90. The third kappa shape index (κ3) is 3.28. The van der Waals surface area contributed by atoms with Gasteiger partial charge in [-0.25, -0.2) is 4.98 Å². The first-order valence-electron chi connectivity index (χ1n) is 10.0. The summed E-state index contributed by atoms with van der Waals surface area (Å²) in [5.74, 6) is 1.45. The number of benzene rings is 1. The van der Waals surface area contributed by atoms with Crippen LogP contribution in [0.3, 0.4) is 0 Å². The summed E-state index contributed by atoms with van der Waals surface area (Å²) in [6.45, 7) is 2.51. The molecule has 1 aliphatic carbocycles. The van der Waals surface area contributed by atoms with Gasteiger partial charge >= 0.3 is 0 Å². The van der Waals surface area contributed by atoms with Gasteiger partial charge in [0, 0.05) is 12.1 Å². The van der Waals surface area contributed by atoms with Crippen molar-refractivity contribution in [1.29, 1.82) is 0 Å². The van der Waals surface area contributed by atoms with Gasteiger partial charge in [-0.15, -0.1) is 5.10 Å². The van der Waals surface area contributed by atoms with Crippen molar-refractivity contribution in [3.63, 3.8) is 0 Å². The van der Waals surface area contributed by atoms with Crippen molar-refractivity contribution in [2.24, 2.45) is 0 Å². The zero-order valence-corrected chi connectivity index (χ0v) is 16.1. The first kappa shape index (κ1) is 17.4. The number of hydrogen-bond acceptors (Lipinski definition) is 7. The molecule has 8 heteroatoms. The molecular weight excluding hydrogens is 354 g/mol. The summed E-state index contributed by atoms with van der Waals surface area (Å²) in [5.41, 5.74) is 2.28. The van der Waals surface area contributed by atoms with Crippen LogP contribution in [0.1, 0.15) is 32.1 Å². The van der Waals surface area contributed by atoms with Gasteiger partial charge in [0.2, 0.25) is 5.95 Å². The molecule has 2 atom stereocenters. The van der Waals surface area contributed by atoms with Crippen LogP contribution in [0.15, 0.2) is 30.5 Å². The van der Waals surface area contributed by atoms with E-state index in [0.29, 0.717) is 29.2 Å². The Morgan fingerprint density at radius 3 is 2.71 bits per heavy atom.